The Labute approximate surface area is 140 Å². The van der Waals surface area contributed by atoms with Gasteiger partial charge in [0.15, 0.2) is 0 Å². The number of carbonyl (C=O) groups excluding carboxylic acids is 1. The first-order chi connectivity index (χ1) is 11.1. The molecule has 2 N–H and O–H groups in total. The van der Waals surface area contributed by atoms with Crippen molar-refractivity contribution >= 4 is 11.6 Å². The summed E-state index contributed by atoms with van der Waals surface area (Å²) in [5.74, 6) is 0.682. The van der Waals surface area contributed by atoms with Crippen molar-refractivity contribution in [1.82, 2.24) is 5.32 Å². The van der Waals surface area contributed by atoms with Gasteiger partial charge in [0.1, 0.15) is 0 Å². The lowest BCUT2D eigenvalue weighted by molar-refractivity contribution is -0.120. The van der Waals surface area contributed by atoms with Gasteiger partial charge in [0.05, 0.1) is 0 Å². The summed E-state index contributed by atoms with van der Waals surface area (Å²) < 4.78 is 0. The number of anilines is 1. The molecule has 0 radical (unpaired) electrons. The van der Waals surface area contributed by atoms with Crippen molar-refractivity contribution in [3.63, 3.8) is 0 Å². The van der Waals surface area contributed by atoms with Crippen molar-refractivity contribution in [2.45, 2.75) is 58.3 Å². The lowest BCUT2D eigenvalue weighted by Gasteiger charge is -2.13. The third-order valence-corrected chi connectivity index (χ3v) is 4.41. The summed E-state index contributed by atoms with van der Waals surface area (Å²) in [5, 5.41) is 6.33. The van der Waals surface area contributed by atoms with E-state index in [9.17, 15) is 4.79 Å². The van der Waals surface area contributed by atoms with Crippen LogP contribution in [0.1, 0.15) is 63.9 Å². The molecule has 3 heteroatoms. The minimum atomic E-state index is 0.132. The standard InChI is InChI=1S/C20H30N2O/c1-16(2)18-8-10-19(11-9-18)21-15-13-20(23)22-14-12-17-6-4-3-5-7-17/h6,8-11,16,21H,3-5,7,12-15H2,1-2H3,(H,22,23). The van der Waals surface area contributed by atoms with Crippen LogP contribution in [0.2, 0.25) is 0 Å². The molecule has 1 amide bonds. The van der Waals surface area contributed by atoms with Gasteiger partial charge in [0.2, 0.25) is 5.91 Å². The topological polar surface area (TPSA) is 41.1 Å². The second-order valence-corrected chi connectivity index (χ2v) is 6.66. The van der Waals surface area contributed by atoms with Gasteiger partial charge in [-0.25, -0.2) is 0 Å². The molecule has 0 atom stereocenters. The quantitative estimate of drug-likeness (QED) is 0.687. The first kappa shape index (κ1) is 17.6. The highest BCUT2D eigenvalue weighted by molar-refractivity contribution is 5.76. The molecule has 0 aliphatic heterocycles. The number of allylic oxidation sites excluding steroid dienone is 1. The van der Waals surface area contributed by atoms with Crippen molar-refractivity contribution in [2.24, 2.45) is 0 Å². The lowest BCUT2D eigenvalue weighted by atomic mass is 9.97. The smallest absolute Gasteiger partial charge is 0.221 e. The fraction of sp³-hybridized carbons (Fsp3) is 0.550. The molecule has 2 rings (SSSR count). The first-order valence-electron chi connectivity index (χ1n) is 8.93. The Morgan fingerprint density at radius 3 is 2.57 bits per heavy atom. The van der Waals surface area contributed by atoms with Crippen molar-refractivity contribution in [2.75, 3.05) is 18.4 Å². The Balaban J connectivity index is 1.59. The molecular formula is C20H30N2O. The van der Waals surface area contributed by atoms with Crippen LogP contribution in [-0.4, -0.2) is 19.0 Å². The molecule has 0 saturated heterocycles. The summed E-state index contributed by atoms with van der Waals surface area (Å²) in [7, 11) is 0. The van der Waals surface area contributed by atoms with E-state index in [0.29, 0.717) is 18.9 Å². The lowest BCUT2D eigenvalue weighted by Crippen LogP contribution is -2.26. The highest BCUT2D eigenvalue weighted by Gasteiger charge is 2.05. The highest BCUT2D eigenvalue weighted by Crippen LogP contribution is 2.19. The number of benzene rings is 1. The van der Waals surface area contributed by atoms with E-state index in [4.69, 9.17) is 0 Å². The summed E-state index contributed by atoms with van der Waals surface area (Å²) in [4.78, 5) is 11.8. The summed E-state index contributed by atoms with van der Waals surface area (Å²) in [5.41, 5.74) is 3.93. The Bertz CT molecular complexity index is 517. The van der Waals surface area contributed by atoms with Gasteiger partial charge in [-0.2, -0.15) is 0 Å². The molecule has 3 nitrogen and oxygen atoms in total. The summed E-state index contributed by atoms with van der Waals surface area (Å²) in [6.07, 6.45) is 8.92. The number of nitrogens with one attached hydrogen (secondary N) is 2. The van der Waals surface area contributed by atoms with Gasteiger partial charge in [-0.1, -0.05) is 37.6 Å². The Hall–Kier alpha value is -1.77. The van der Waals surface area contributed by atoms with E-state index in [2.05, 4.69) is 54.8 Å². The predicted molar refractivity (Wildman–Crippen MR) is 97.8 cm³/mol. The Kier molecular flexibility index (Phi) is 7.18. The molecule has 0 saturated carbocycles. The second kappa shape index (κ2) is 9.39. The van der Waals surface area contributed by atoms with Crippen LogP contribution in [0.4, 0.5) is 5.69 Å². The van der Waals surface area contributed by atoms with Crippen LogP contribution in [0.5, 0.6) is 0 Å². The zero-order chi connectivity index (χ0) is 16.5. The number of amides is 1. The minimum Gasteiger partial charge on any atom is -0.385 e. The average molecular weight is 314 g/mol. The third-order valence-electron chi connectivity index (χ3n) is 4.41. The molecule has 0 aromatic heterocycles. The molecule has 23 heavy (non-hydrogen) atoms. The molecular weight excluding hydrogens is 284 g/mol. The van der Waals surface area contributed by atoms with E-state index >= 15 is 0 Å². The van der Waals surface area contributed by atoms with E-state index in [-0.39, 0.29) is 5.91 Å². The number of rotatable bonds is 8. The van der Waals surface area contributed by atoms with Gasteiger partial charge >= 0.3 is 0 Å². The van der Waals surface area contributed by atoms with E-state index in [1.807, 2.05) is 0 Å². The van der Waals surface area contributed by atoms with Crippen molar-refractivity contribution in [3.05, 3.63) is 41.5 Å². The van der Waals surface area contributed by atoms with Crippen LogP contribution < -0.4 is 10.6 Å². The molecule has 1 aliphatic carbocycles. The zero-order valence-electron chi connectivity index (χ0n) is 14.5. The first-order valence-corrected chi connectivity index (χ1v) is 8.93. The van der Waals surface area contributed by atoms with Crippen LogP contribution in [0, 0.1) is 0 Å². The van der Waals surface area contributed by atoms with Gasteiger partial charge in [-0.05, 0) is 55.7 Å². The maximum atomic E-state index is 11.8. The predicted octanol–water partition coefficient (Wildman–Crippen LogP) is 4.62. The van der Waals surface area contributed by atoms with Gasteiger partial charge in [0, 0.05) is 25.2 Å². The third kappa shape index (κ3) is 6.47. The fourth-order valence-corrected chi connectivity index (χ4v) is 2.89. The van der Waals surface area contributed by atoms with Crippen LogP contribution in [0.15, 0.2) is 35.9 Å². The molecule has 1 aromatic carbocycles. The van der Waals surface area contributed by atoms with Gasteiger partial charge in [-0.15, -0.1) is 0 Å². The minimum absolute atomic E-state index is 0.132. The maximum Gasteiger partial charge on any atom is 0.221 e. The van der Waals surface area contributed by atoms with Crippen molar-refractivity contribution < 1.29 is 4.79 Å². The number of carbonyl (C=O) groups is 1. The zero-order valence-corrected chi connectivity index (χ0v) is 14.5. The van der Waals surface area contributed by atoms with Gasteiger partial charge in [-0.3, -0.25) is 4.79 Å². The maximum absolute atomic E-state index is 11.8. The molecule has 0 spiro atoms. The summed E-state index contributed by atoms with van der Waals surface area (Å²) in [6.45, 7) is 5.83. The molecule has 0 bridgehead atoms. The van der Waals surface area contributed by atoms with Crippen molar-refractivity contribution in [3.8, 4) is 0 Å². The molecule has 126 valence electrons. The van der Waals surface area contributed by atoms with E-state index in [1.54, 1.807) is 0 Å². The molecule has 1 aliphatic rings. The molecule has 0 fully saturated rings. The van der Waals surface area contributed by atoms with E-state index in [1.165, 1.54) is 36.8 Å². The Morgan fingerprint density at radius 1 is 1.13 bits per heavy atom. The average Bonchev–Trinajstić information content (AvgIpc) is 2.56. The SMILES string of the molecule is CC(C)c1ccc(NCCC(=O)NCCC2=CCCCC2)cc1. The molecule has 1 aromatic rings. The van der Waals surface area contributed by atoms with Crippen LogP contribution in [-0.2, 0) is 4.79 Å². The van der Waals surface area contributed by atoms with Crippen LogP contribution in [0.3, 0.4) is 0 Å². The number of hydrogen-bond donors (Lipinski definition) is 2. The Morgan fingerprint density at radius 2 is 1.91 bits per heavy atom. The van der Waals surface area contributed by atoms with Gasteiger partial charge < -0.3 is 10.6 Å². The second-order valence-electron chi connectivity index (χ2n) is 6.66. The highest BCUT2D eigenvalue weighted by atomic mass is 16.1. The van der Waals surface area contributed by atoms with Crippen LogP contribution >= 0.6 is 0 Å². The summed E-state index contributed by atoms with van der Waals surface area (Å²) in [6, 6.07) is 8.46. The molecule has 0 unspecified atom stereocenters. The van der Waals surface area contributed by atoms with Crippen LogP contribution in [0.25, 0.3) is 0 Å². The molecule has 0 heterocycles. The van der Waals surface area contributed by atoms with Gasteiger partial charge in [0.25, 0.3) is 0 Å². The summed E-state index contributed by atoms with van der Waals surface area (Å²) >= 11 is 0. The fourth-order valence-electron chi connectivity index (χ4n) is 2.89. The van der Waals surface area contributed by atoms with E-state index in [0.717, 1.165) is 18.7 Å². The largest absolute Gasteiger partial charge is 0.385 e. The number of hydrogen-bond acceptors (Lipinski definition) is 2. The monoisotopic (exact) mass is 314 g/mol. The normalized spacial score (nSPS) is 14.5. The van der Waals surface area contributed by atoms with E-state index < -0.39 is 0 Å². The van der Waals surface area contributed by atoms with Crippen molar-refractivity contribution in [1.29, 1.82) is 0 Å².